The van der Waals surface area contributed by atoms with E-state index in [0.29, 0.717) is 18.1 Å². The zero-order chi connectivity index (χ0) is 11.5. The Labute approximate surface area is 104 Å². The van der Waals surface area contributed by atoms with Crippen molar-refractivity contribution in [2.45, 2.75) is 6.92 Å². The summed E-state index contributed by atoms with van der Waals surface area (Å²) in [6, 6.07) is 1.74. The van der Waals surface area contributed by atoms with Crippen LogP contribution in [0.3, 0.4) is 0 Å². The van der Waals surface area contributed by atoms with Crippen molar-refractivity contribution in [2.75, 3.05) is 6.61 Å². The highest BCUT2D eigenvalue weighted by molar-refractivity contribution is 5.92. The van der Waals surface area contributed by atoms with Crippen LogP contribution in [0.2, 0.25) is 0 Å². The summed E-state index contributed by atoms with van der Waals surface area (Å²) in [6.45, 7) is 2.03. The Balaban J connectivity index is 0.00000144. The van der Waals surface area contributed by atoms with Gasteiger partial charge in [-0.2, -0.15) is 5.10 Å². The van der Waals surface area contributed by atoms with Gasteiger partial charge in [-0.3, -0.25) is 4.68 Å². The number of oxazole rings is 1. The monoisotopic (exact) mass is 257 g/mol. The van der Waals surface area contributed by atoms with E-state index in [4.69, 9.17) is 9.15 Å². The molecule has 0 fully saturated rings. The molecule has 0 N–H and O–H groups in total. The third-order valence-electron chi connectivity index (χ3n) is 1.98. The maximum atomic E-state index is 11.5. The molecule has 0 saturated heterocycles. The Hall–Kier alpha value is -1.82. The topological polar surface area (TPSA) is 70.2 Å². The number of hydrogen-bond acceptors (Lipinski definition) is 5. The third kappa shape index (κ3) is 2.65. The molecule has 2 rings (SSSR count). The number of aryl methyl sites for hydroxylation is 1. The molecule has 7 heteroatoms. The predicted octanol–water partition coefficient (Wildman–Crippen LogP) is 1.67. The molecule has 0 aliphatic heterocycles. The van der Waals surface area contributed by atoms with Crippen molar-refractivity contribution in [3.8, 4) is 11.5 Å². The van der Waals surface area contributed by atoms with Gasteiger partial charge in [-0.05, 0) is 13.0 Å². The molecular formula is C10H12ClN3O3. The van der Waals surface area contributed by atoms with E-state index in [9.17, 15) is 4.79 Å². The maximum absolute atomic E-state index is 11.5. The van der Waals surface area contributed by atoms with E-state index in [1.54, 1.807) is 30.9 Å². The summed E-state index contributed by atoms with van der Waals surface area (Å²) in [6.07, 6.45) is 2.96. The average molecular weight is 258 g/mol. The second-order valence-electron chi connectivity index (χ2n) is 3.13. The van der Waals surface area contributed by atoms with Crippen LogP contribution in [0.5, 0.6) is 0 Å². The van der Waals surface area contributed by atoms with Crippen LogP contribution in [0.15, 0.2) is 23.1 Å². The minimum Gasteiger partial charge on any atom is -0.461 e. The molecule has 0 aliphatic rings. The first-order valence-corrected chi connectivity index (χ1v) is 4.83. The molecular weight excluding hydrogens is 246 g/mol. The fourth-order valence-corrected chi connectivity index (χ4v) is 1.31. The van der Waals surface area contributed by atoms with Crippen molar-refractivity contribution >= 4 is 18.4 Å². The number of esters is 1. The number of carbonyl (C=O) groups is 1. The molecule has 2 aromatic heterocycles. The van der Waals surface area contributed by atoms with Crippen LogP contribution in [-0.2, 0) is 11.8 Å². The minimum absolute atomic E-state index is 0. The largest absolute Gasteiger partial charge is 0.461 e. The van der Waals surface area contributed by atoms with E-state index < -0.39 is 5.97 Å². The van der Waals surface area contributed by atoms with Gasteiger partial charge in [-0.15, -0.1) is 12.4 Å². The Morgan fingerprint density at radius 1 is 1.59 bits per heavy atom. The van der Waals surface area contributed by atoms with Gasteiger partial charge in [0.1, 0.15) is 5.69 Å². The second-order valence-corrected chi connectivity index (χ2v) is 3.13. The van der Waals surface area contributed by atoms with Gasteiger partial charge in [0.05, 0.1) is 6.61 Å². The number of halogens is 1. The molecule has 0 atom stereocenters. The summed E-state index contributed by atoms with van der Waals surface area (Å²) in [7, 11) is 1.78. The van der Waals surface area contributed by atoms with Crippen LogP contribution in [0.25, 0.3) is 11.5 Å². The molecule has 0 aliphatic carbocycles. The summed E-state index contributed by atoms with van der Waals surface area (Å²) < 4.78 is 11.6. The van der Waals surface area contributed by atoms with E-state index in [-0.39, 0.29) is 18.1 Å². The molecule has 0 aromatic carbocycles. The van der Waals surface area contributed by atoms with Crippen molar-refractivity contribution in [1.29, 1.82) is 0 Å². The molecule has 0 saturated carbocycles. The van der Waals surface area contributed by atoms with Crippen molar-refractivity contribution in [1.82, 2.24) is 14.8 Å². The lowest BCUT2D eigenvalue weighted by Gasteiger charge is -1.98. The smallest absolute Gasteiger partial charge is 0.361 e. The number of nitrogens with zero attached hydrogens (tertiary/aromatic N) is 3. The van der Waals surface area contributed by atoms with E-state index in [2.05, 4.69) is 10.1 Å². The molecule has 17 heavy (non-hydrogen) atoms. The lowest BCUT2D eigenvalue weighted by atomic mass is 10.3. The Bertz CT molecular complexity index is 506. The van der Waals surface area contributed by atoms with Gasteiger partial charge in [0.25, 0.3) is 0 Å². The molecule has 0 amide bonds. The minimum atomic E-state index is -0.503. The first kappa shape index (κ1) is 13.2. The van der Waals surface area contributed by atoms with Gasteiger partial charge in [0.2, 0.25) is 0 Å². The van der Waals surface area contributed by atoms with Gasteiger partial charge in [0, 0.05) is 13.2 Å². The lowest BCUT2D eigenvalue weighted by Crippen LogP contribution is -2.06. The molecule has 0 radical (unpaired) electrons. The number of rotatable bonds is 3. The van der Waals surface area contributed by atoms with Crippen LogP contribution in [0.4, 0.5) is 0 Å². The summed E-state index contributed by atoms with van der Waals surface area (Å²) in [4.78, 5) is 15.4. The Morgan fingerprint density at radius 2 is 2.35 bits per heavy atom. The normalized spacial score (nSPS) is 9.76. The number of ether oxygens (including phenoxy) is 1. The van der Waals surface area contributed by atoms with E-state index in [1.165, 1.54) is 6.39 Å². The van der Waals surface area contributed by atoms with Crippen molar-refractivity contribution in [3.05, 3.63) is 24.4 Å². The van der Waals surface area contributed by atoms with Crippen molar-refractivity contribution in [2.24, 2.45) is 7.05 Å². The number of hydrogen-bond donors (Lipinski definition) is 0. The number of aromatic nitrogens is 3. The standard InChI is InChI=1S/C10H11N3O3.ClH/c1-3-15-10(14)8-9(16-6-11-8)7-4-5-13(2)12-7;/h4-6H,3H2,1-2H3;1H. The van der Waals surface area contributed by atoms with E-state index in [1.807, 2.05) is 0 Å². The summed E-state index contributed by atoms with van der Waals surface area (Å²) in [5, 5.41) is 4.13. The van der Waals surface area contributed by atoms with Gasteiger partial charge >= 0.3 is 5.97 Å². The zero-order valence-corrected chi connectivity index (χ0v) is 10.2. The van der Waals surface area contributed by atoms with Crippen LogP contribution in [-0.4, -0.2) is 27.3 Å². The van der Waals surface area contributed by atoms with Crippen molar-refractivity contribution < 1.29 is 13.9 Å². The van der Waals surface area contributed by atoms with Crippen molar-refractivity contribution in [3.63, 3.8) is 0 Å². The average Bonchev–Trinajstić information content (AvgIpc) is 2.85. The Kier molecular flexibility index (Phi) is 4.28. The van der Waals surface area contributed by atoms with Crippen LogP contribution < -0.4 is 0 Å². The number of carbonyl (C=O) groups excluding carboxylic acids is 1. The van der Waals surface area contributed by atoms with Crippen LogP contribution in [0.1, 0.15) is 17.4 Å². The third-order valence-corrected chi connectivity index (χ3v) is 1.98. The molecule has 0 spiro atoms. The first-order valence-electron chi connectivity index (χ1n) is 4.83. The molecule has 0 unspecified atom stereocenters. The fraction of sp³-hybridized carbons (Fsp3) is 0.300. The summed E-state index contributed by atoms with van der Waals surface area (Å²) in [5.41, 5.74) is 0.712. The second kappa shape index (κ2) is 5.49. The zero-order valence-electron chi connectivity index (χ0n) is 9.41. The van der Waals surface area contributed by atoms with Gasteiger partial charge in [-0.1, -0.05) is 0 Å². The lowest BCUT2D eigenvalue weighted by molar-refractivity contribution is 0.0520. The Morgan fingerprint density at radius 3 is 2.94 bits per heavy atom. The molecule has 2 aromatic rings. The highest BCUT2D eigenvalue weighted by Crippen LogP contribution is 2.21. The van der Waals surface area contributed by atoms with Crippen LogP contribution in [0, 0.1) is 0 Å². The summed E-state index contributed by atoms with van der Waals surface area (Å²) >= 11 is 0. The molecule has 92 valence electrons. The van der Waals surface area contributed by atoms with Gasteiger partial charge in [0.15, 0.2) is 17.8 Å². The highest BCUT2D eigenvalue weighted by Gasteiger charge is 2.20. The SMILES string of the molecule is CCOC(=O)c1ncoc1-c1ccn(C)n1.Cl. The van der Waals surface area contributed by atoms with Crippen LogP contribution >= 0.6 is 12.4 Å². The molecule has 6 nitrogen and oxygen atoms in total. The molecule has 2 heterocycles. The maximum Gasteiger partial charge on any atom is 0.361 e. The van der Waals surface area contributed by atoms with Gasteiger partial charge in [-0.25, -0.2) is 9.78 Å². The van der Waals surface area contributed by atoms with E-state index in [0.717, 1.165) is 0 Å². The summed E-state index contributed by atoms with van der Waals surface area (Å²) in [5.74, 6) is -0.170. The molecule has 0 bridgehead atoms. The fourth-order valence-electron chi connectivity index (χ4n) is 1.31. The van der Waals surface area contributed by atoms with E-state index >= 15 is 0 Å². The first-order chi connectivity index (χ1) is 7.72. The highest BCUT2D eigenvalue weighted by atomic mass is 35.5. The quantitative estimate of drug-likeness (QED) is 0.783. The predicted molar refractivity (Wildman–Crippen MR) is 61.9 cm³/mol. The van der Waals surface area contributed by atoms with Gasteiger partial charge < -0.3 is 9.15 Å².